The molecule has 0 saturated carbocycles. The molecule has 1 atom stereocenters. The van der Waals surface area contributed by atoms with Crippen molar-refractivity contribution in [3.8, 4) is 0 Å². The predicted octanol–water partition coefficient (Wildman–Crippen LogP) is 1.44. The van der Waals surface area contributed by atoms with Gasteiger partial charge >= 0.3 is 0 Å². The molecular weight excluding hydrogens is 322 g/mol. The quantitative estimate of drug-likeness (QED) is 0.892. The van der Waals surface area contributed by atoms with E-state index >= 15 is 0 Å². The van der Waals surface area contributed by atoms with Gasteiger partial charge in [0.25, 0.3) is 5.56 Å². The molecule has 122 valence electrons. The smallest absolute Gasteiger partial charge is 0.275 e. The van der Waals surface area contributed by atoms with Crippen LogP contribution in [0.25, 0.3) is 4.96 Å². The highest BCUT2D eigenvalue weighted by molar-refractivity contribution is 7.16. The van der Waals surface area contributed by atoms with Crippen LogP contribution in [0.2, 0.25) is 0 Å². The molecule has 1 fully saturated rings. The van der Waals surface area contributed by atoms with E-state index in [1.165, 1.54) is 21.9 Å². The maximum atomic E-state index is 11.9. The fourth-order valence-corrected chi connectivity index (χ4v) is 3.82. The Labute approximate surface area is 139 Å². The number of likely N-dealkylation sites (tertiary alicyclic amines) is 1. The third-order valence-electron chi connectivity index (χ3n) is 4.17. The molecular formula is C14H22ClN5OS. The molecule has 6 nitrogen and oxygen atoms in total. The number of hydrogen-bond donors (Lipinski definition) is 1. The molecule has 22 heavy (non-hydrogen) atoms. The highest BCUT2D eigenvalue weighted by Gasteiger charge is 2.33. The second-order valence-electron chi connectivity index (χ2n) is 6.52. The summed E-state index contributed by atoms with van der Waals surface area (Å²) in [6, 6.07) is 1.76. The van der Waals surface area contributed by atoms with Crippen molar-refractivity contribution in [3.63, 3.8) is 0 Å². The van der Waals surface area contributed by atoms with Crippen LogP contribution in [0, 0.1) is 12.3 Å². The number of fused-ring (bicyclic) bond motifs is 1. The number of halogens is 1. The Hall–Kier alpha value is -1.02. The first-order valence-electron chi connectivity index (χ1n) is 7.19. The number of piperidine rings is 1. The van der Waals surface area contributed by atoms with Gasteiger partial charge in [-0.25, -0.2) is 4.98 Å². The molecule has 3 rings (SSSR count). The molecule has 0 aromatic carbocycles. The Kier molecular flexibility index (Phi) is 4.91. The number of hydrogen-bond acceptors (Lipinski definition) is 6. The first-order valence-corrected chi connectivity index (χ1v) is 8.01. The van der Waals surface area contributed by atoms with Gasteiger partial charge < -0.3 is 5.73 Å². The maximum absolute atomic E-state index is 11.9. The highest BCUT2D eigenvalue weighted by atomic mass is 35.5. The zero-order valence-corrected chi connectivity index (χ0v) is 14.7. The van der Waals surface area contributed by atoms with Crippen molar-refractivity contribution >= 4 is 28.7 Å². The molecule has 2 aromatic rings. The summed E-state index contributed by atoms with van der Waals surface area (Å²) in [5.41, 5.74) is 6.91. The molecule has 0 aliphatic carbocycles. The van der Waals surface area contributed by atoms with Gasteiger partial charge in [0.05, 0.1) is 6.54 Å². The van der Waals surface area contributed by atoms with Crippen molar-refractivity contribution < 1.29 is 0 Å². The molecule has 3 heterocycles. The fourth-order valence-electron chi connectivity index (χ4n) is 2.84. The summed E-state index contributed by atoms with van der Waals surface area (Å²) < 4.78 is 1.40. The summed E-state index contributed by atoms with van der Waals surface area (Å²) in [5, 5.41) is 5.33. The Balaban J connectivity index is 0.00000176. The third kappa shape index (κ3) is 3.32. The first-order chi connectivity index (χ1) is 9.85. The van der Waals surface area contributed by atoms with E-state index in [2.05, 4.69) is 28.8 Å². The first kappa shape index (κ1) is 17.3. The zero-order valence-electron chi connectivity index (χ0n) is 13.1. The van der Waals surface area contributed by atoms with Gasteiger partial charge in [-0.3, -0.25) is 9.69 Å². The maximum Gasteiger partial charge on any atom is 0.275 e. The van der Waals surface area contributed by atoms with Crippen LogP contribution >= 0.6 is 23.7 Å². The van der Waals surface area contributed by atoms with E-state index in [4.69, 9.17) is 5.73 Å². The third-order valence-corrected chi connectivity index (χ3v) is 5.06. The topological polar surface area (TPSA) is 76.5 Å². The van der Waals surface area contributed by atoms with Crippen molar-refractivity contribution in [3.05, 3.63) is 27.1 Å². The van der Waals surface area contributed by atoms with Gasteiger partial charge in [0, 0.05) is 30.9 Å². The van der Waals surface area contributed by atoms with Crippen LogP contribution in [0.5, 0.6) is 0 Å². The van der Waals surface area contributed by atoms with Crippen LogP contribution in [-0.4, -0.2) is 38.6 Å². The molecule has 1 aliphatic heterocycles. The van der Waals surface area contributed by atoms with Crippen LogP contribution in [0.1, 0.15) is 31.0 Å². The van der Waals surface area contributed by atoms with Crippen molar-refractivity contribution in [2.24, 2.45) is 11.1 Å². The van der Waals surface area contributed by atoms with Crippen LogP contribution in [0.4, 0.5) is 0 Å². The minimum absolute atomic E-state index is 0. The van der Waals surface area contributed by atoms with E-state index in [1.807, 2.05) is 6.92 Å². The highest BCUT2D eigenvalue weighted by Crippen LogP contribution is 2.28. The molecule has 8 heteroatoms. The van der Waals surface area contributed by atoms with Crippen LogP contribution in [0.3, 0.4) is 0 Å². The molecule has 0 spiro atoms. The predicted molar refractivity (Wildman–Crippen MR) is 90.8 cm³/mol. The summed E-state index contributed by atoms with van der Waals surface area (Å²) in [5.74, 6) is 0. The number of aryl methyl sites for hydroxylation is 1. The van der Waals surface area contributed by atoms with Gasteiger partial charge in [-0.05, 0) is 18.8 Å². The van der Waals surface area contributed by atoms with Gasteiger partial charge in [0.15, 0.2) is 0 Å². The van der Waals surface area contributed by atoms with Crippen LogP contribution < -0.4 is 11.3 Å². The second-order valence-corrected chi connectivity index (χ2v) is 7.56. The van der Waals surface area contributed by atoms with Crippen LogP contribution in [0.15, 0.2) is 10.9 Å². The van der Waals surface area contributed by atoms with Gasteiger partial charge in [0.2, 0.25) is 4.96 Å². The van der Waals surface area contributed by atoms with Gasteiger partial charge in [0.1, 0.15) is 5.01 Å². The molecule has 0 bridgehead atoms. The summed E-state index contributed by atoms with van der Waals surface area (Å²) in [6.45, 7) is 8.92. The number of nitrogens with two attached hydrogens (primary N) is 1. The summed E-state index contributed by atoms with van der Waals surface area (Å²) in [7, 11) is 0. The normalized spacial score (nSPS) is 21.7. The van der Waals surface area contributed by atoms with Crippen molar-refractivity contribution in [1.29, 1.82) is 0 Å². The SMILES string of the molecule is Cc1cc(=O)n2nc(CN3CCC(N)C(C)(C)C3)sc2n1.Cl. The molecule has 1 unspecified atom stereocenters. The number of nitrogens with zero attached hydrogens (tertiary/aromatic N) is 4. The molecule has 1 saturated heterocycles. The standard InChI is InChI=1S/C14H21N5OS.ClH/c1-9-6-12(20)19-13(16-9)21-11(17-19)7-18-5-4-10(15)14(2,3)8-18;/h6,10H,4-5,7-8,15H2,1-3H3;1H. The Morgan fingerprint density at radius 1 is 1.50 bits per heavy atom. The van der Waals surface area contributed by atoms with E-state index in [-0.39, 0.29) is 29.4 Å². The van der Waals surface area contributed by atoms with Gasteiger partial charge in [-0.2, -0.15) is 9.61 Å². The second kappa shape index (κ2) is 6.23. The summed E-state index contributed by atoms with van der Waals surface area (Å²) in [4.78, 5) is 19.3. The number of aromatic nitrogens is 3. The monoisotopic (exact) mass is 343 g/mol. The van der Waals surface area contributed by atoms with Crippen molar-refractivity contribution in [1.82, 2.24) is 19.5 Å². The Bertz CT molecular complexity index is 726. The van der Waals surface area contributed by atoms with E-state index < -0.39 is 0 Å². The Morgan fingerprint density at radius 3 is 2.91 bits per heavy atom. The van der Waals surface area contributed by atoms with Gasteiger partial charge in [-0.15, -0.1) is 12.4 Å². The minimum atomic E-state index is -0.110. The molecule has 2 aromatic heterocycles. The average molecular weight is 344 g/mol. The molecule has 1 aliphatic rings. The summed E-state index contributed by atoms with van der Waals surface area (Å²) >= 11 is 1.49. The average Bonchev–Trinajstić information content (AvgIpc) is 2.76. The molecule has 0 amide bonds. The van der Waals surface area contributed by atoms with E-state index in [1.54, 1.807) is 0 Å². The van der Waals surface area contributed by atoms with Crippen molar-refractivity contribution in [2.45, 2.75) is 39.8 Å². The Morgan fingerprint density at radius 2 is 2.23 bits per heavy atom. The summed E-state index contributed by atoms with van der Waals surface area (Å²) in [6.07, 6.45) is 0.995. The fraction of sp³-hybridized carbons (Fsp3) is 0.643. The largest absolute Gasteiger partial charge is 0.327 e. The van der Waals surface area contributed by atoms with E-state index in [0.717, 1.165) is 36.8 Å². The lowest BCUT2D eigenvalue weighted by Gasteiger charge is -2.42. The lowest BCUT2D eigenvalue weighted by molar-refractivity contribution is 0.0896. The lowest BCUT2D eigenvalue weighted by Crippen LogP contribution is -2.52. The molecule has 2 N–H and O–H groups in total. The number of rotatable bonds is 2. The van der Waals surface area contributed by atoms with Crippen molar-refractivity contribution in [2.75, 3.05) is 13.1 Å². The van der Waals surface area contributed by atoms with E-state index in [0.29, 0.717) is 4.96 Å². The molecule has 0 radical (unpaired) electrons. The van der Waals surface area contributed by atoms with Crippen LogP contribution in [-0.2, 0) is 6.54 Å². The minimum Gasteiger partial charge on any atom is -0.327 e. The zero-order chi connectivity index (χ0) is 15.2. The lowest BCUT2D eigenvalue weighted by atomic mass is 9.80. The van der Waals surface area contributed by atoms with Gasteiger partial charge in [-0.1, -0.05) is 25.2 Å². The van der Waals surface area contributed by atoms with E-state index in [9.17, 15) is 4.79 Å².